The van der Waals surface area contributed by atoms with E-state index in [9.17, 15) is 0 Å². The number of hydrogen-bond donors (Lipinski definition) is 1. The SMILES string of the molecule is Cc1ccc(COc2ccc(CNc3ccc(C)c(C)c3)cc2Cl)cc1. The lowest BCUT2D eigenvalue weighted by molar-refractivity contribution is 0.306. The van der Waals surface area contributed by atoms with Crippen LogP contribution < -0.4 is 10.1 Å². The molecule has 0 fully saturated rings. The van der Waals surface area contributed by atoms with Gasteiger partial charge in [-0.25, -0.2) is 0 Å². The Labute approximate surface area is 160 Å². The number of benzene rings is 3. The summed E-state index contributed by atoms with van der Waals surface area (Å²) in [5.41, 5.74) is 7.20. The third-order valence-corrected chi connectivity index (χ3v) is 4.81. The van der Waals surface area contributed by atoms with Crippen LogP contribution in [0.4, 0.5) is 5.69 Å². The van der Waals surface area contributed by atoms with Crippen LogP contribution in [-0.4, -0.2) is 0 Å². The summed E-state index contributed by atoms with van der Waals surface area (Å²) in [5.74, 6) is 0.710. The molecule has 0 radical (unpaired) electrons. The summed E-state index contributed by atoms with van der Waals surface area (Å²) < 4.78 is 5.86. The summed E-state index contributed by atoms with van der Waals surface area (Å²) in [4.78, 5) is 0. The van der Waals surface area contributed by atoms with Crippen molar-refractivity contribution in [3.8, 4) is 5.75 Å². The Balaban J connectivity index is 1.59. The minimum atomic E-state index is 0.514. The molecule has 0 aliphatic heterocycles. The lowest BCUT2D eigenvalue weighted by Crippen LogP contribution is -2.01. The molecule has 0 unspecified atom stereocenters. The first-order chi connectivity index (χ1) is 12.5. The van der Waals surface area contributed by atoms with E-state index in [1.807, 2.05) is 18.2 Å². The van der Waals surface area contributed by atoms with E-state index in [1.54, 1.807) is 0 Å². The maximum atomic E-state index is 6.40. The summed E-state index contributed by atoms with van der Waals surface area (Å²) in [7, 11) is 0. The molecular formula is C23H24ClNO. The van der Waals surface area contributed by atoms with E-state index in [-0.39, 0.29) is 0 Å². The maximum absolute atomic E-state index is 6.40. The molecule has 1 N–H and O–H groups in total. The fraction of sp³-hybridized carbons (Fsp3) is 0.217. The Morgan fingerprint density at radius 2 is 1.54 bits per heavy atom. The Morgan fingerprint density at radius 1 is 0.808 bits per heavy atom. The highest BCUT2D eigenvalue weighted by molar-refractivity contribution is 6.32. The number of anilines is 1. The van der Waals surface area contributed by atoms with Gasteiger partial charge in [-0.2, -0.15) is 0 Å². The van der Waals surface area contributed by atoms with Crippen molar-refractivity contribution in [3.05, 3.63) is 93.5 Å². The second-order valence-corrected chi connectivity index (χ2v) is 7.10. The average molecular weight is 366 g/mol. The molecule has 0 atom stereocenters. The number of ether oxygens (including phenoxy) is 1. The van der Waals surface area contributed by atoms with Crippen LogP contribution in [0.15, 0.2) is 60.7 Å². The van der Waals surface area contributed by atoms with Gasteiger partial charge in [0.1, 0.15) is 12.4 Å². The molecule has 3 rings (SSSR count). The van der Waals surface area contributed by atoms with Gasteiger partial charge in [0, 0.05) is 12.2 Å². The lowest BCUT2D eigenvalue weighted by Gasteiger charge is -2.12. The van der Waals surface area contributed by atoms with E-state index in [1.165, 1.54) is 16.7 Å². The van der Waals surface area contributed by atoms with E-state index in [0.717, 1.165) is 23.4 Å². The molecule has 0 aliphatic carbocycles. The van der Waals surface area contributed by atoms with E-state index < -0.39 is 0 Å². The van der Waals surface area contributed by atoms with Gasteiger partial charge in [0.2, 0.25) is 0 Å². The zero-order valence-electron chi connectivity index (χ0n) is 15.5. The summed E-state index contributed by atoms with van der Waals surface area (Å²) in [6.07, 6.45) is 0. The normalized spacial score (nSPS) is 10.6. The first-order valence-electron chi connectivity index (χ1n) is 8.79. The second kappa shape index (κ2) is 8.29. The van der Waals surface area contributed by atoms with Gasteiger partial charge < -0.3 is 10.1 Å². The Hall–Kier alpha value is -2.45. The van der Waals surface area contributed by atoms with Crippen LogP contribution in [0.5, 0.6) is 5.75 Å². The largest absolute Gasteiger partial charge is 0.487 e. The maximum Gasteiger partial charge on any atom is 0.138 e. The Bertz CT molecular complexity index is 887. The van der Waals surface area contributed by atoms with Crippen molar-refractivity contribution in [2.45, 2.75) is 33.9 Å². The van der Waals surface area contributed by atoms with Gasteiger partial charge in [0.15, 0.2) is 0 Å². The summed E-state index contributed by atoms with van der Waals surface area (Å²) in [6.45, 7) is 7.55. The molecule has 0 bridgehead atoms. The molecule has 3 heteroatoms. The quantitative estimate of drug-likeness (QED) is 0.541. The first-order valence-corrected chi connectivity index (χ1v) is 9.17. The van der Waals surface area contributed by atoms with Crippen LogP contribution >= 0.6 is 11.6 Å². The lowest BCUT2D eigenvalue weighted by atomic mass is 10.1. The highest BCUT2D eigenvalue weighted by Gasteiger charge is 2.05. The van der Waals surface area contributed by atoms with E-state index >= 15 is 0 Å². The van der Waals surface area contributed by atoms with Crippen LogP contribution in [0.2, 0.25) is 5.02 Å². The second-order valence-electron chi connectivity index (χ2n) is 6.69. The zero-order valence-corrected chi connectivity index (χ0v) is 16.2. The number of nitrogens with one attached hydrogen (secondary N) is 1. The van der Waals surface area contributed by atoms with E-state index in [2.05, 4.69) is 68.6 Å². The van der Waals surface area contributed by atoms with Crippen molar-refractivity contribution in [3.63, 3.8) is 0 Å². The third-order valence-electron chi connectivity index (χ3n) is 4.51. The summed E-state index contributed by atoms with van der Waals surface area (Å²) in [5, 5.41) is 4.07. The number of halogens is 1. The first kappa shape index (κ1) is 18.3. The number of rotatable bonds is 6. The van der Waals surface area contributed by atoms with Crippen molar-refractivity contribution in [1.82, 2.24) is 0 Å². The highest BCUT2D eigenvalue weighted by atomic mass is 35.5. The molecule has 0 saturated heterocycles. The number of aryl methyl sites for hydroxylation is 3. The smallest absolute Gasteiger partial charge is 0.138 e. The van der Waals surface area contributed by atoms with Crippen molar-refractivity contribution in [2.75, 3.05) is 5.32 Å². The molecule has 0 aliphatic rings. The van der Waals surface area contributed by atoms with Gasteiger partial charge in [-0.05, 0) is 67.3 Å². The predicted molar refractivity (Wildman–Crippen MR) is 110 cm³/mol. The zero-order chi connectivity index (χ0) is 18.5. The summed E-state index contributed by atoms with van der Waals surface area (Å²) >= 11 is 6.40. The molecule has 134 valence electrons. The third kappa shape index (κ3) is 4.80. The van der Waals surface area contributed by atoms with Gasteiger partial charge in [0.25, 0.3) is 0 Å². The standard InChI is InChI=1S/C23H24ClNO/c1-16-4-7-19(8-5-16)15-26-23-11-9-20(13-22(23)24)14-25-21-10-6-17(2)18(3)12-21/h4-13,25H,14-15H2,1-3H3. The molecule has 26 heavy (non-hydrogen) atoms. The fourth-order valence-corrected chi connectivity index (χ4v) is 2.93. The van der Waals surface area contributed by atoms with E-state index in [4.69, 9.17) is 16.3 Å². The van der Waals surface area contributed by atoms with Crippen LogP contribution in [0, 0.1) is 20.8 Å². The van der Waals surface area contributed by atoms with Crippen molar-refractivity contribution >= 4 is 17.3 Å². The van der Waals surface area contributed by atoms with Crippen LogP contribution in [0.3, 0.4) is 0 Å². The minimum Gasteiger partial charge on any atom is -0.487 e. The molecule has 0 aromatic heterocycles. The molecular weight excluding hydrogens is 342 g/mol. The minimum absolute atomic E-state index is 0.514. The van der Waals surface area contributed by atoms with Crippen molar-refractivity contribution in [1.29, 1.82) is 0 Å². The molecule has 0 saturated carbocycles. The molecule has 2 nitrogen and oxygen atoms in total. The Kier molecular flexibility index (Phi) is 5.85. The molecule has 0 amide bonds. The van der Waals surface area contributed by atoms with Crippen LogP contribution in [0.1, 0.15) is 27.8 Å². The average Bonchev–Trinajstić information content (AvgIpc) is 2.63. The predicted octanol–water partition coefficient (Wildman–Crippen LogP) is 6.46. The molecule has 3 aromatic carbocycles. The molecule has 3 aromatic rings. The van der Waals surface area contributed by atoms with E-state index in [0.29, 0.717) is 17.4 Å². The highest BCUT2D eigenvalue weighted by Crippen LogP contribution is 2.27. The topological polar surface area (TPSA) is 21.3 Å². The molecule has 0 heterocycles. The van der Waals surface area contributed by atoms with Gasteiger partial charge in [-0.15, -0.1) is 0 Å². The van der Waals surface area contributed by atoms with Gasteiger partial charge in [-0.3, -0.25) is 0 Å². The van der Waals surface area contributed by atoms with Gasteiger partial charge in [0.05, 0.1) is 5.02 Å². The summed E-state index contributed by atoms with van der Waals surface area (Å²) in [6, 6.07) is 20.7. The van der Waals surface area contributed by atoms with Crippen LogP contribution in [-0.2, 0) is 13.2 Å². The monoisotopic (exact) mass is 365 g/mol. The van der Waals surface area contributed by atoms with Gasteiger partial charge in [-0.1, -0.05) is 53.6 Å². The Morgan fingerprint density at radius 3 is 2.23 bits per heavy atom. The van der Waals surface area contributed by atoms with Crippen molar-refractivity contribution in [2.24, 2.45) is 0 Å². The molecule has 0 spiro atoms. The number of hydrogen-bond acceptors (Lipinski definition) is 2. The van der Waals surface area contributed by atoms with Crippen molar-refractivity contribution < 1.29 is 4.74 Å². The van der Waals surface area contributed by atoms with Crippen LogP contribution in [0.25, 0.3) is 0 Å². The van der Waals surface area contributed by atoms with Gasteiger partial charge >= 0.3 is 0 Å². The fourth-order valence-electron chi connectivity index (χ4n) is 2.67.